The van der Waals surface area contributed by atoms with Crippen molar-refractivity contribution in [2.75, 3.05) is 6.54 Å². The van der Waals surface area contributed by atoms with Gasteiger partial charge in [0.2, 0.25) is 5.91 Å². The topological polar surface area (TPSA) is 72.2 Å². The second-order valence-corrected chi connectivity index (χ2v) is 7.36. The minimum atomic E-state index is -0.420. The zero-order valence-electron chi connectivity index (χ0n) is 15.2. The summed E-state index contributed by atoms with van der Waals surface area (Å²) in [6.07, 6.45) is 0.612. The summed E-state index contributed by atoms with van der Waals surface area (Å²) in [5.74, 6) is -0.0537. The molecule has 0 saturated carbocycles. The molecular formula is C22H20N2O3S. The molecule has 0 aromatic heterocycles. The van der Waals surface area contributed by atoms with Crippen molar-refractivity contribution in [2.24, 2.45) is 0 Å². The Morgan fingerprint density at radius 2 is 1.54 bits per heavy atom. The largest absolute Gasteiger partial charge is 0.355 e. The normalized spacial score (nSPS) is 11.6. The summed E-state index contributed by atoms with van der Waals surface area (Å²) in [4.78, 5) is 24.2. The number of amides is 1. The van der Waals surface area contributed by atoms with Crippen molar-refractivity contribution in [1.29, 1.82) is 0 Å². The van der Waals surface area contributed by atoms with Gasteiger partial charge in [0, 0.05) is 23.6 Å². The average Bonchev–Trinajstić information content (AvgIpc) is 2.73. The summed E-state index contributed by atoms with van der Waals surface area (Å²) >= 11 is 1.51. The zero-order chi connectivity index (χ0) is 19.8. The lowest BCUT2D eigenvalue weighted by atomic mass is 10.1. The Morgan fingerprint density at radius 3 is 2.14 bits per heavy atom. The number of nitro groups is 1. The van der Waals surface area contributed by atoms with E-state index in [9.17, 15) is 14.9 Å². The highest BCUT2D eigenvalue weighted by Crippen LogP contribution is 2.35. The fourth-order valence-corrected chi connectivity index (χ4v) is 3.81. The van der Waals surface area contributed by atoms with Crippen molar-refractivity contribution in [2.45, 2.75) is 16.6 Å². The van der Waals surface area contributed by atoms with Crippen molar-refractivity contribution in [3.8, 4) is 0 Å². The van der Waals surface area contributed by atoms with Gasteiger partial charge in [-0.1, -0.05) is 60.7 Å². The molecule has 5 nitrogen and oxygen atoms in total. The van der Waals surface area contributed by atoms with Crippen LogP contribution in [0.2, 0.25) is 0 Å². The first-order chi connectivity index (χ1) is 13.6. The Balaban J connectivity index is 1.63. The molecule has 1 atom stereocenters. The summed E-state index contributed by atoms with van der Waals surface area (Å²) in [6, 6.07) is 25.9. The molecule has 1 amide bonds. The fraction of sp³-hybridized carbons (Fsp3) is 0.136. The van der Waals surface area contributed by atoms with E-state index in [2.05, 4.69) is 5.32 Å². The van der Waals surface area contributed by atoms with Crippen molar-refractivity contribution in [3.05, 3.63) is 106 Å². The molecule has 0 aliphatic heterocycles. The van der Waals surface area contributed by atoms with Gasteiger partial charge < -0.3 is 5.32 Å². The van der Waals surface area contributed by atoms with Crippen LogP contribution in [0.25, 0.3) is 0 Å². The lowest BCUT2D eigenvalue weighted by Crippen LogP contribution is -2.29. The highest BCUT2D eigenvalue weighted by molar-refractivity contribution is 8.00. The van der Waals surface area contributed by atoms with Crippen LogP contribution in [0, 0.1) is 10.1 Å². The number of benzene rings is 3. The number of non-ortho nitro benzene ring substituents is 1. The summed E-state index contributed by atoms with van der Waals surface area (Å²) < 4.78 is 0. The third-order valence-electron chi connectivity index (χ3n) is 4.20. The van der Waals surface area contributed by atoms with Gasteiger partial charge in [-0.15, -0.1) is 11.8 Å². The zero-order valence-corrected chi connectivity index (χ0v) is 16.0. The second-order valence-electron chi connectivity index (χ2n) is 6.19. The summed E-state index contributed by atoms with van der Waals surface area (Å²) in [5.41, 5.74) is 1.96. The molecular weight excluding hydrogens is 372 g/mol. The first kappa shape index (κ1) is 19.6. The Bertz CT molecular complexity index is 916. The predicted octanol–water partition coefficient (Wildman–Crippen LogP) is 4.79. The van der Waals surface area contributed by atoms with Gasteiger partial charge >= 0.3 is 0 Å². The summed E-state index contributed by atoms with van der Waals surface area (Å²) in [6.45, 7) is 0.468. The lowest BCUT2D eigenvalue weighted by molar-refractivity contribution is -0.384. The molecule has 0 radical (unpaired) electrons. The number of nitrogens with one attached hydrogen (secondary N) is 1. The molecule has 0 bridgehead atoms. The molecule has 0 aliphatic rings. The third kappa shape index (κ3) is 5.44. The molecule has 3 aromatic carbocycles. The molecule has 3 aromatic rings. The van der Waals surface area contributed by atoms with Crippen LogP contribution in [0.5, 0.6) is 0 Å². The minimum Gasteiger partial charge on any atom is -0.355 e. The van der Waals surface area contributed by atoms with E-state index in [0.717, 1.165) is 16.0 Å². The average molecular weight is 392 g/mol. The van der Waals surface area contributed by atoms with E-state index >= 15 is 0 Å². The first-order valence-electron chi connectivity index (χ1n) is 8.91. The summed E-state index contributed by atoms with van der Waals surface area (Å²) in [7, 11) is 0. The van der Waals surface area contributed by atoms with Crippen LogP contribution < -0.4 is 5.32 Å². The highest BCUT2D eigenvalue weighted by atomic mass is 32.2. The maximum Gasteiger partial charge on any atom is 0.269 e. The van der Waals surface area contributed by atoms with Crippen molar-refractivity contribution in [3.63, 3.8) is 0 Å². The maximum absolute atomic E-state index is 12.9. The van der Waals surface area contributed by atoms with Crippen LogP contribution in [-0.2, 0) is 11.2 Å². The van der Waals surface area contributed by atoms with Gasteiger partial charge in [0.1, 0.15) is 5.25 Å². The van der Waals surface area contributed by atoms with Gasteiger partial charge in [0.25, 0.3) is 5.69 Å². The van der Waals surface area contributed by atoms with Gasteiger partial charge in [-0.3, -0.25) is 14.9 Å². The summed E-state index contributed by atoms with van der Waals surface area (Å²) in [5, 5.41) is 13.4. The Hall–Kier alpha value is -3.12. The Kier molecular flexibility index (Phi) is 6.81. The van der Waals surface area contributed by atoms with Crippen LogP contribution in [-0.4, -0.2) is 17.4 Å². The monoisotopic (exact) mass is 392 g/mol. The van der Waals surface area contributed by atoms with Crippen molar-refractivity contribution >= 4 is 23.4 Å². The number of hydrogen-bond donors (Lipinski definition) is 1. The number of carbonyl (C=O) groups excluding carboxylic acids is 1. The number of nitro benzene ring substituents is 1. The van der Waals surface area contributed by atoms with Crippen LogP contribution in [0.15, 0.2) is 89.8 Å². The first-order valence-corrected chi connectivity index (χ1v) is 9.79. The van der Waals surface area contributed by atoms with Gasteiger partial charge in [-0.05, 0) is 29.7 Å². The molecule has 28 heavy (non-hydrogen) atoms. The van der Waals surface area contributed by atoms with Crippen LogP contribution >= 0.6 is 11.8 Å². The lowest BCUT2D eigenvalue weighted by Gasteiger charge is -2.17. The SMILES string of the molecule is O=C(NCCc1ccc([N+](=O)[O-])cc1)C(Sc1ccccc1)c1ccccc1. The molecule has 1 unspecified atom stereocenters. The molecule has 0 heterocycles. The minimum absolute atomic E-state index is 0.0537. The van der Waals surface area contributed by atoms with Crippen molar-refractivity contribution < 1.29 is 9.72 Å². The van der Waals surface area contributed by atoms with E-state index in [1.807, 2.05) is 60.7 Å². The number of hydrogen-bond acceptors (Lipinski definition) is 4. The fourth-order valence-electron chi connectivity index (χ4n) is 2.74. The molecule has 0 spiro atoms. The predicted molar refractivity (Wildman–Crippen MR) is 111 cm³/mol. The van der Waals surface area contributed by atoms with Gasteiger partial charge in [-0.25, -0.2) is 0 Å². The van der Waals surface area contributed by atoms with Crippen molar-refractivity contribution in [1.82, 2.24) is 5.32 Å². The molecule has 0 fully saturated rings. The van der Waals surface area contributed by atoms with Gasteiger partial charge in [0.15, 0.2) is 0 Å². The third-order valence-corrected chi connectivity index (χ3v) is 5.46. The number of carbonyl (C=O) groups is 1. The second kappa shape index (κ2) is 9.71. The standard InChI is InChI=1S/C22H20N2O3S/c25-22(23-16-15-17-11-13-19(14-12-17)24(26)27)21(18-7-3-1-4-8-18)28-20-9-5-2-6-10-20/h1-14,21H,15-16H2,(H,23,25). The molecule has 6 heteroatoms. The van der Waals surface area contributed by atoms with E-state index in [0.29, 0.717) is 13.0 Å². The Labute approximate surface area is 167 Å². The number of rotatable bonds is 8. The highest BCUT2D eigenvalue weighted by Gasteiger charge is 2.21. The molecule has 0 saturated heterocycles. The molecule has 142 valence electrons. The van der Waals surface area contributed by atoms with Crippen LogP contribution in [0.1, 0.15) is 16.4 Å². The van der Waals surface area contributed by atoms with E-state index in [1.54, 1.807) is 12.1 Å². The Morgan fingerprint density at radius 1 is 0.929 bits per heavy atom. The number of thioether (sulfide) groups is 1. The molecule has 3 rings (SSSR count). The van der Waals surface area contributed by atoms with Crippen LogP contribution in [0.3, 0.4) is 0 Å². The van der Waals surface area contributed by atoms with Gasteiger partial charge in [0.05, 0.1) is 4.92 Å². The van der Waals surface area contributed by atoms with Gasteiger partial charge in [-0.2, -0.15) is 0 Å². The molecule has 0 aliphatic carbocycles. The quantitative estimate of drug-likeness (QED) is 0.340. The van der Waals surface area contributed by atoms with E-state index in [4.69, 9.17) is 0 Å². The van der Waals surface area contributed by atoms with E-state index in [-0.39, 0.29) is 16.8 Å². The van der Waals surface area contributed by atoms with E-state index in [1.165, 1.54) is 23.9 Å². The molecule has 1 N–H and O–H groups in total. The van der Waals surface area contributed by atoms with E-state index < -0.39 is 4.92 Å². The smallest absolute Gasteiger partial charge is 0.269 e. The maximum atomic E-state index is 12.9. The van der Waals surface area contributed by atoms with Crippen LogP contribution in [0.4, 0.5) is 5.69 Å². The number of nitrogens with zero attached hydrogens (tertiary/aromatic N) is 1.